The van der Waals surface area contributed by atoms with Gasteiger partial charge in [0.2, 0.25) is 0 Å². The van der Waals surface area contributed by atoms with E-state index < -0.39 is 0 Å². The van der Waals surface area contributed by atoms with Crippen molar-refractivity contribution in [2.45, 2.75) is 33.6 Å². The Morgan fingerprint density at radius 3 is 2.64 bits per heavy atom. The lowest BCUT2D eigenvalue weighted by Gasteiger charge is -2.51. The molecule has 2 atom stereocenters. The van der Waals surface area contributed by atoms with Crippen LogP contribution in [0.1, 0.15) is 33.6 Å². The van der Waals surface area contributed by atoms with E-state index in [-0.39, 0.29) is 17.1 Å². The third-order valence-electron chi connectivity index (χ3n) is 3.61. The van der Waals surface area contributed by atoms with Crippen molar-refractivity contribution in [2.75, 3.05) is 6.61 Å². The van der Waals surface area contributed by atoms with E-state index in [2.05, 4.69) is 18.6 Å². The normalized spacial score (nSPS) is 29.1. The van der Waals surface area contributed by atoms with Gasteiger partial charge in [0, 0.05) is 5.92 Å². The number of carbonyl (C=O) groups excluding carboxylic acids is 2. The van der Waals surface area contributed by atoms with Crippen LogP contribution in [0.5, 0.6) is 0 Å². The number of Topliss-reactive ketones (excluding diaryl/α,β-unsaturated/α-hetero) is 1. The highest BCUT2D eigenvalue weighted by Crippen LogP contribution is 2.53. The van der Waals surface area contributed by atoms with Gasteiger partial charge in [-0.2, -0.15) is 0 Å². The molecule has 0 heterocycles. The maximum atomic E-state index is 11.2. The van der Waals surface area contributed by atoms with Crippen LogP contribution in [-0.2, 0) is 14.3 Å². The van der Waals surface area contributed by atoms with Crippen LogP contribution in [0.3, 0.4) is 0 Å². The number of hydrogen-bond donors (Lipinski definition) is 0. The predicted octanol–water partition coefficient (Wildman–Crippen LogP) is 1.80. The summed E-state index contributed by atoms with van der Waals surface area (Å²) in [5.74, 6) is 0.989. The topological polar surface area (TPSA) is 43.4 Å². The van der Waals surface area contributed by atoms with Gasteiger partial charge in [0.15, 0.2) is 0 Å². The second-order valence-electron chi connectivity index (χ2n) is 4.67. The van der Waals surface area contributed by atoms with Crippen molar-refractivity contribution in [1.29, 1.82) is 0 Å². The van der Waals surface area contributed by atoms with Crippen LogP contribution in [0, 0.1) is 17.3 Å². The van der Waals surface area contributed by atoms with Crippen molar-refractivity contribution in [1.82, 2.24) is 0 Å². The molecule has 1 aliphatic rings. The summed E-state index contributed by atoms with van der Waals surface area (Å²) in [5.41, 5.74) is 0.0814. The highest BCUT2D eigenvalue weighted by atomic mass is 16.5. The molecule has 0 aromatic heterocycles. The minimum Gasteiger partial charge on any atom is -0.468 e. The summed E-state index contributed by atoms with van der Waals surface area (Å²) in [6.45, 7) is 6.85. The van der Waals surface area contributed by atoms with Crippen LogP contribution in [0.2, 0.25) is 0 Å². The van der Waals surface area contributed by atoms with Crippen molar-refractivity contribution in [3.05, 3.63) is 0 Å². The third kappa shape index (κ3) is 1.97. The molecule has 1 aliphatic carbocycles. The van der Waals surface area contributed by atoms with E-state index >= 15 is 0 Å². The Bertz CT molecular complexity index is 233. The van der Waals surface area contributed by atoms with E-state index in [0.717, 1.165) is 12.8 Å². The molecule has 0 aromatic carbocycles. The molecular formula is C11H18O3. The highest BCUT2D eigenvalue weighted by Gasteiger charge is 2.49. The third-order valence-corrected chi connectivity index (χ3v) is 3.61. The molecule has 0 saturated heterocycles. The van der Waals surface area contributed by atoms with Crippen molar-refractivity contribution >= 4 is 12.3 Å². The van der Waals surface area contributed by atoms with Gasteiger partial charge in [-0.1, -0.05) is 13.8 Å². The Hall–Kier alpha value is -0.860. The van der Waals surface area contributed by atoms with Gasteiger partial charge in [0.1, 0.15) is 5.78 Å². The Morgan fingerprint density at radius 2 is 2.21 bits per heavy atom. The highest BCUT2D eigenvalue weighted by molar-refractivity contribution is 5.80. The fraction of sp³-hybridized carbons (Fsp3) is 0.818. The molecule has 1 rings (SSSR count). The van der Waals surface area contributed by atoms with Crippen molar-refractivity contribution < 1.29 is 14.3 Å². The van der Waals surface area contributed by atoms with Crippen LogP contribution in [0.15, 0.2) is 0 Å². The molecule has 0 aromatic rings. The zero-order valence-electron chi connectivity index (χ0n) is 9.08. The maximum absolute atomic E-state index is 11.2. The van der Waals surface area contributed by atoms with E-state index in [1.54, 1.807) is 6.92 Å². The van der Waals surface area contributed by atoms with E-state index in [1.165, 1.54) is 0 Å². The minimum atomic E-state index is 0.0814. The smallest absolute Gasteiger partial charge is 0.293 e. The van der Waals surface area contributed by atoms with Crippen LogP contribution < -0.4 is 0 Å². The summed E-state index contributed by atoms with van der Waals surface area (Å²) < 4.78 is 4.66. The molecule has 0 bridgehead atoms. The first-order valence-electron chi connectivity index (χ1n) is 5.05. The van der Waals surface area contributed by atoms with Gasteiger partial charge in [-0.3, -0.25) is 9.59 Å². The van der Waals surface area contributed by atoms with Crippen molar-refractivity contribution in [3.63, 3.8) is 0 Å². The van der Waals surface area contributed by atoms with E-state index in [1.807, 2.05) is 0 Å². The predicted molar refractivity (Wildman–Crippen MR) is 52.7 cm³/mol. The fourth-order valence-electron chi connectivity index (χ4n) is 2.45. The first-order chi connectivity index (χ1) is 6.50. The Balaban J connectivity index is 2.38. The number of carbonyl (C=O) groups is 2. The van der Waals surface area contributed by atoms with Gasteiger partial charge in [-0.05, 0) is 31.1 Å². The lowest BCUT2D eigenvalue weighted by atomic mass is 9.53. The van der Waals surface area contributed by atoms with Gasteiger partial charge in [0.05, 0.1) is 6.61 Å². The number of ketones is 1. The van der Waals surface area contributed by atoms with Gasteiger partial charge in [0.25, 0.3) is 6.47 Å². The Labute approximate surface area is 84.8 Å². The summed E-state index contributed by atoms with van der Waals surface area (Å²) in [6, 6.07) is 0. The Kier molecular flexibility index (Phi) is 3.29. The minimum absolute atomic E-state index is 0.0814. The molecule has 0 amide bonds. The molecule has 1 fully saturated rings. The van der Waals surface area contributed by atoms with Crippen LogP contribution >= 0.6 is 0 Å². The summed E-state index contributed by atoms with van der Waals surface area (Å²) in [4.78, 5) is 21.2. The summed E-state index contributed by atoms with van der Waals surface area (Å²) >= 11 is 0. The lowest BCUT2D eigenvalue weighted by Crippen LogP contribution is -2.48. The molecule has 0 unspecified atom stereocenters. The van der Waals surface area contributed by atoms with Gasteiger partial charge < -0.3 is 4.74 Å². The fourth-order valence-corrected chi connectivity index (χ4v) is 2.45. The molecule has 14 heavy (non-hydrogen) atoms. The monoisotopic (exact) mass is 198 g/mol. The van der Waals surface area contributed by atoms with Gasteiger partial charge >= 0.3 is 0 Å². The number of ether oxygens (including phenoxy) is 1. The van der Waals surface area contributed by atoms with Crippen LogP contribution in [0.4, 0.5) is 0 Å². The summed E-state index contributed by atoms with van der Waals surface area (Å²) in [5, 5.41) is 0. The first-order valence-corrected chi connectivity index (χ1v) is 5.05. The summed E-state index contributed by atoms with van der Waals surface area (Å²) in [6.07, 6.45) is 1.82. The molecule has 0 spiro atoms. The van der Waals surface area contributed by atoms with Crippen LogP contribution in [0.25, 0.3) is 0 Å². The Morgan fingerprint density at radius 1 is 1.57 bits per heavy atom. The second kappa shape index (κ2) is 4.11. The SMILES string of the molecule is CC(=O)[C@H]1C[C@@H](CCOC=O)C1(C)C. The number of rotatable bonds is 5. The largest absolute Gasteiger partial charge is 0.468 e. The molecule has 0 radical (unpaired) electrons. The summed E-state index contributed by atoms with van der Waals surface area (Å²) in [7, 11) is 0. The van der Waals surface area contributed by atoms with Gasteiger partial charge in [-0.25, -0.2) is 0 Å². The first kappa shape index (κ1) is 11.2. The molecule has 1 saturated carbocycles. The van der Waals surface area contributed by atoms with E-state index in [9.17, 15) is 9.59 Å². The zero-order valence-corrected chi connectivity index (χ0v) is 9.08. The molecule has 0 N–H and O–H groups in total. The molecular weight excluding hydrogens is 180 g/mol. The van der Waals surface area contributed by atoms with E-state index in [4.69, 9.17) is 0 Å². The van der Waals surface area contributed by atoms with Crippen molar-refractivity contribution in [2.24, 2.45) is 17.3 Å². The maximum Gasteiger partial charge on any atom is 0.293 e. The molecule has 3 heteroatoms. The van der Waals surface area contributed by atoms with Crippen molar-refractivity contribution in [3.8, 4) is 0 Å². The van der Waals surface area contributed by atoms with E-state index in [0.29, 0.717) is 19.0 Å². The second-order valence-corrected chi connectivity index (χ2v) is 4.67. The average molecular weight is 198 g/mol. The molecule has 3 nitrogen and oxygen atoms in total. The van der Waals surface area contributed by atoms with Crippen LogP contribution in [-0.4, -0.2) is 18.9 Å². The van der Waals surface area contributed by atoms with Gasteiger partial charge in [-0.15, -0.1) is 0 Å². The standard InChI is InChI=1S/C11H18O3/c1-8(13)10-6-9(11(10,2)3)4-5-14-7-12/h7,9-10H,4-6H2,1-3H3/t9-,10-/m1/s1. The zero-order chi connectivity index (χ0) is 10.8. The average Bonchev–Trinajstić information content (AvgIpc) is 2.09. The molecule has 80 valence electrons. The lowest BCUT2D eigenvalue weighted by molar-refractivity contribution is -0.139. The molecule has 0 aliphatic heterocycles. The number of hydrogen-bond acceptors (Lipinski definition) is 3. The quantitative estimate of drug-likeness (QED) is 0.499.